The van der Waals surface area contributed by atoms with Crippen molar-refractivity contribution in [1.29, 1.82) is 0 Å². The number of carbonyl (C=O) groups is 1. The monoisotopic (exact) mass is 341 g/mol. The van der Waals surface area contributed by atoms with Crippen LogP contribution in [0.15, 0.2) is 36.4 Å². The molecule has 5 heteroatoms. The van der Waals surface area contributed by atoms with Crippen LogP contribution in [0.1, 0.15) is 31.4 Å². The van der Waals surface area contributed by atoms with E-state index < -0.39 is 5.60 Å². The minimum Gasteiger partial charge on any atom is -0.489 e. The largest absolute Gasteiger partial charge is 0.489 e. The number of ether oxygens (including phenoxy) is 3. The van der Waals surface area contributed by atoms with Crippen LogP contribution in [0.5, 0.6) is 17.2 Å². The zero-order chi connectivity index (χ0) is 18.0. The van der Waals surface area contributed by atoms with E-state index in [0.29, 0.717) is 18.0 Å². The fourth-order valence-corrected chi connectivity index (χ4v) is 2.93. The number of nitrogens with two attached hydrogens (primary N) is 1. The second-order valence-corrected chi connectivity index (χ2v) is 6.68. The maximum absolute atomic E-state index is 11.3. The fraction of sp³-hybridized carbons (Fsp3) is 0.350. The molecule has 1 unspecified atom stereocenters. The molecule has 0 spiro atoms. The number of esters is 1. The third-order valence-corrected chi connectivity index (χ3v) is 4.39. The Kier molecular flexibility index (Phi) is 4.57. The summed E-state index contributed by atoms with van der Waals surface area (Å²) in [5.74, 6) is 1.74. The van der Waals surface area contributed by atoms with Gasteiger partial charge in [-0.05, 0) is 62.6 Å². The average Bonchev–Trinajstić information content (AvgIpc) is 2.57. The molecule has 2 N–H and O–H groups in total. The zero-order valence-electron chi connectivity index (χ0n) is 14.8. The molecule has 1 aliphatic heterocycles. The SMILES string of the molecule is CC(=O)Oc1ccc2c(c1C)OC(C)(COc1ccc(N)cc1)CC2. The van der Waals surface area contributed by atoms with Crippen molar-refractivity contribution in [1.82, 2.24) is 0 Å². The Morgan fingerprint density at radius 2 is 1.96 bits per heavy atom. The first-order chi connectivity index (χ1) is 11.9. The first-order valence-electron chi connectivity index (χ1n) is 8.34. The predicted molar refractivity (Wildman–Crippen MR) is 96.2 cm³/mol. The Morgan fingerprint density at radius 3 is 2.64 bits per heavy atom. The van der Waals surface area contributed by atoms with E-state index in [4.69, 9.17) is 19.9 Å². The summed E-state index contributed by atoms with van der Waals surface area (Å²) >= 11 is 0. The first-order valence-corrected chi connectivity index (χ1v) is 8.34. The Labute approximate surface area is 147 Å². The summed E-state index contributed by atoms with van der Waals surface area (Å²) in [5.41, 5.74) is 7.91. The molecule has 0 aromatic heterocycles. The van der Waals surface area contributed by atoms with Gasteiger partial charge in [0, 0.05) is 18.2 Å². The van der Waals surface area contributed by atoms with Crippen molar-refractivity contribution in [2.24, 2.45) is 0 Å². The van der Waals surface area contributed by atoms with Gasteiger partial charge in [0.05, 0.1) is 0 Å². The summed E-state index contributed by atoms with van der Waals surface area (Å²) in [5, 5.41) is 0. The Morgan fingerprint density at radius 1 is 1.24 bits per heavy atom. The van der Waals surface area contributed by atoms with Gasteiger partial charge >= 0.3 is 5.97 Å². The van der Waals surface area contributed by atoms with Crippen LogP contribution in [0, 0.1) is 6.92 Å². The number of carbonyl (C=O) groups excluding carboxylic acids is 1. The number of benzene rings is 2. The molecule has 25 heavy (non-hydrogen) atoms. The lowest BCUT2D eigenvalue weighted by atomic mass is 9.91. The van der Waals surface area contributed by atoms with Gasteiger partial charge in [-0.3, -0.25) is 4.79 Å². The Hall–Kier alpha value is -2.69. The highest BCUT2D eigenvalue weighted by Gasteiger charge is 2.34. The van der Waals surface area contributed by atoms with Crippen LogP contribution in [0.3, 0.4) is 0 Å². The fourth-order valence-electron chi connectivity index (χ4n) is 2.93. The smallest absolute Gasteiger partial charge is 0.308 e. The van der Waals surface area contributed by atoms with Gasteiger partial charge in [-0.2, -0.15) is 0 Å². The minimum absolute atomic E-state index is 0.340. The van der Waals surface area contributed by atoms with Crippen LogP contribution >= 0.6 is 0 Å². The molecule has 1 aliphatic rings. The lowest BCUT2D eigenvalue weighted by Crippen LogP contribution is -2.42. The number of nitrogen functional groups attached to an aromatic ring is 1. The third kappa shape index (κ3) is 3.87. The van der Waals surface area contributed by atoms with Crippen LogP contribution in [0.25, 0.3) is 0 Å². The number of aryl methyl sites for hydroxylation is 1. The molecule has 0 fully saturated rings. The molecule has 0 aliphatic carbocycles. The van der Waals surface area contributed by atoms with Gasteiger partial charge in [0.25, 0.3) is 0 Å². The van der Waals surface area contributed by atoms with Crippen molar-refractivity contribution >= 4 is 11.7 Å². The normalized spacial score (nSPS) is 18.8. The van der Waals surface area contributed by atoms with Crippen LogP contribution < -0.4 is 19.9 Å². The lowest BCUT2D eigenvalue weighted by Gasteiger charge is -2.36. The van der Waals surface area contributed by atoms with Gasteiger partial charge in [0.2, 0.25) is 0 Å². The van der Waals surface area contributed by atoms with Crippen molar-refractivity contribution in [2.75, 3.05) is 12.3 Å². The van der Waals surface area contributed by atoms with E-state index >= 15 is 0 Å². The number of hydrogen-bond acceptors (Lipinski definition) is 5. The molecule has 3 rings (SSSR count). The molecule has 0 radical (unpaired) electrons. The number of anilines is 1. The van der Waals surface area contributed by atoms with Crippen molar-refractivity contribution in [2.45, 2.75) is 39.2 Å². The van der Waals surface area contributed by atoms with Gasteiger partial charge in [0.1, 0.15) is 29.5 Å². The number of hydrogen-bond donors (Lipinski definition) is 1. The molecule has 132 valence electrons. The molecule has 0 saturated carbocycles. The summed E-state index contributed by atoms with van der Waals surface area (Å²) < 4.78 is 17.4. The molecule has 0 bridgehead atoms. The van der Waals surface area contributed by atoms with E-state index in [2.05, 4.69) is 0 Å². The Balaban J connectivity index is 1.76. The van der Waals surface area contributed by atoms with Crippen molar-refractivity contribution in [3.05, 3.63) is 47.5 Å². The van der Waals surface area contributed by atoms with E-state index in [1.54, 1.807) is 0 Å². The molecular weight excluding hydrogens is 318 g/mol. The molecule has 5 nitrogen and oxygen atoms in total. The van der Waals surface area contributed by atoms with Crippen LogP contribution in [-0.2, 0) is 11.2 Å². The van der Waals surface area contributed by atoms with Gasteiger partial charge in [-0.15, -0.1) is 0 Å². The predicted octanol–water partition coefficient (Wildman–Crippen LogP) is 3.67. The highest BCUT2D eigenvalue weighted by molar-refractivity contribution is 5.70. The van der Waals surface area contributed by atoms with Gasteiger partial charge in [-0.1, -0.05) is 6.07 Å². The van der Waals surface area contributed by atoms with E-state index in [1.165, 1.54) is 6.92 Å². The summed E-state index contributed by atoms with van der Waals surface area (Å²) in [6.07, 6.45) is 1.74. The van der Waals surface area contributed by atoms with E-state index in [9.17, 15) is 4.79 Å². The maximum atomic E-state index is 11.3. The van der Waals surface area contributed by atoms with E-state index in [1.807, 2.05) is 50.2 Å². The zero-order valence-corrected chi connectivity index (χ0v) is 14.8. The molecule has 0 saturated heterocycles. The van der Waals surface area contributed by atoms with Gasteiger partial charge in [-0.25, -0.2) is 0 Å². The molecule has 0 amide bonds. The third-order valence-electron chi connectivity index (χ3n) is 4.39. The van der Waals surface area contributed by atoms with Crippen LogP contribution in [0.4, 0.5) is 5.69 Å². The minimum atomic E-state index is -0.450. The topological polar surface area (TPSA) is 70.8 Å². The molecule has 2 aromatic carbocycles. The van der Waals surface area contributed by atoms with E-state index in [0.717, 1.165) is 35.5 Å². The first kappa shape index (κ1) is 17.1. The highest BCUT2D eigenvalue weighted by atomic mass is 16.6. The standard InChI is InChI=1S/C20H23NO4/c1-13-18(24-14(2)22)9-4-15-10-11-20(3,25-19(13)15)12-23-17-7-5-16(21)6-8-17/h4-9H,10-12,21H2,1-3H3. The molecular formula is C20H23NO4. The van der Waals surface area contributed by atoms with Gasteiger partial charge < -0.3 is 19.9 Å². The molecule has 1 heterocycles. The molecule has 1 atom stereocenters. The maximum Gasteiger partial charge on any atom is 0.308 e. The number of fused-ring (bicyclic) bond motifs is 1. The quantitative estimate of drug-likeness (QED) is 0.522. The second-order valence-electron chi connectivity index (χ2n) is 6.68. The number of rotatable bonds is 4. The summed E-state index contributed by atoms with van der Waals surface area (Å²) in [4.78, 5) is 11.3. The lowest BCUT2D eigenvalue weighted by molar-refractivity contribution is -0.131. The second kappa shape index (κ2) is 6.67. The van der Waals surface area contributed by atoms with Crippen LogP contribution in [-0.4, -0.2) is 18.2 Å². The summed E-state index contributed by atoms with van der Waals surface area (Å²) in [7, 11) is 0. The van der Waals surface area contributed by atoms with Crippen LogP contribution in [0.2, 0.25) is 0 Å². The van der Waals surface area contributed by atoms with Crippen molar-refractivity contribution in [3.63, 3.8) is 0 Å². The highest BCUT2D eigenvalue weighted by Crippen LogP contribution is 2.40. The van der Waals surface area contributed by atoms with Gasteiger partial charge in [0.15, 0.2) is 0 Å². The van der Waals surface area contributed by atoms with Crippen molar-refractivity contribution < 1.29 is 19.0 Å². The molecule has 2 aromatic rings. The average molecular weight is 341 g/mol. The summed E-state index contributed by atoms with van der Waals surface area (Å²) in [6, 6.07) is 11.1. The van der Waals surface area contributed by atoms with Crippen molar-refractivity contribution in [3.8, 4) is 17.2 Å². The Bertz CT molecular complexity index is 785. The summed E-state index contributed by atoms with van der Waals surface area (Å²) in [6.45, 7) is 5.76. The van der Waals surface area contributed by atoms with E-state index in [-0.39, 0.29) is 5.97 Å².